The van der Waals surface area contributed by atoms with Gasteiger partial charge in [0.2, 0.25) is 11.8 Å². The summed E-state index contributed by atoms with van der Waals surface area (Å²) in [5.41, 5.74) is 3.48. The normalized spacial score (nSPS) is 13.2. The molecule has 0 bridgehead atoms. The summed E-state index contributed by atoms with van der Waals surface area (Å²) in [4.78, 5) is 27.1. The van der Waals surface area contributed by atoms with E-state index in [1.54, 1.807) is 22.9 Å². The van der Waals surface area contributed by atoms with Crippen LogP contribution in [-0.2, 0) is 24.2 Å². The van der Waals surface area contributed by atoms with E-state index in [-0.39, 0.29) is 18.0 Å². The Morgan fingerprint density at radius 1 is 1.00 bits per heavy atom. The van der Waals surface area contributed by atoms with Crippen molar-refractivity contribution in [1.29, 1.82) is 0 Å². The van der Waals surface area contributed by atoms with Gasteiger partial charge in [0.05, 0.1) is 17.9 Å². The molecule has 3 heterocycles. The smallest absolute Gasteiger partial charge is 0.278 e. The largest absolute Gasteiger partial charge is 0.490 e. The van der Waals surface area contributed by atoms with Crippen LogP contribution in [-0.4, -0.2) is 35.1 Å². The van der Waals surface area contributed by atoms with Crippen molar-refractivity contribution < 1.29 is 23.7 Å². The maximum atomic E-state index is 13.8. The first-order valence-electron chi connectivity index (χ1n) is 13.1. The number of aromatic nitrogens is 2. The van der Waals surface area contributed by atoms with Gasteiger partial charge >= 0.3 is 0 Å². The van der Waals surface area contributed by atoms with Gasteiger partial charge in [-0.15, -0.1) is 0 Å². The van der Waals surface area contributed by atoms with E-state index in [4.69, 9.17) is 18.9 Å². The van der Waals surface area contributed by atoms with Crippen LogP contribution in [0.2, 0.25) is 0 Å². The average Bonchev–Trinajstić information content (AvgIpc) is 3.22. The standard InChI is InChI=1S/C30H29N3O6/c1-3-19-8-11-22(12-9-19)33-29(35)23-16-20-6-5-7-25(36-4-2)28(20)39-30(23)32(33)18-27(34)31-21-10-13-24-26(17-21)38-15-14-37-24/h5-13,17H,3-4,14-16,18H2,1-2H3,(H,31,34). The van der Waals surface area contributed by atoms with E-state index in [1.165, 1.54) is 4.68 Å². The number of anilines is 1. The topological polar surface area (TPSA) is 93.0 Å². The van der Waals surface area contributed by atoms with Crippen LogP contribution < -0.4 is 29.8 Å². The number of carbonyl (C=O) groups excluding carboxylic acids is 1. The minimum Gasteiger partial charge on any atom is -0.490 e. The zero-order valence-corrected chi connectivity index (χ0v) is 21.9. The molecule has 1 N–H and O–H groups in total. The van der Waals surface area contributed by atoms with Crippen LogP contribution in [0.5, 0.6) is 28.9 Å². The first-order valence-corrected chi connectivity index (χ1v) is 13.1. The van der Waals surface area contributed by atoms with E-state index in [0.717, 1.165) is 17.5 Å². The van der Waals surface area contributed by atoms with Crippen LogP contribution in [0.25, 0.3) is 5.69 Å². The van der Waals surface area contributed by atoms with Crippen molar-refractivity contribution in [3.05, 3.63) is 87.7 Å². The molecule has 4 aromatic rings. The molecule has 2 aliphatic heterocycles. The highest BCUT2D eigenvalue weighted by Gasteiger charge is 2.31. The average molecular weight is 528 g/mol. The maximum absolute atomic E-state index is 13.8. The second-order valence-corrected chi connectivity index (χ2v) is 9.34. The second-order valence-electron chi connectivity index (χ2n) is 9.34. The van der Waals surface area contributed by atoms with Crippen molar-refractivity contribution in [2.45, 2.75) is 33.2 Å². The lowest BCUT2D eigenvalue weighted by Crippen LogP contribution is -2.27. The third-order valence-electron chi connectivity index (χ3n) is 6.82. The molecule has 0 saturated heterocycles. The molecule has 0 fully saturated rings. The van der Waals surface area contributed by atoms with E-state index in [2.05, 4.69) is 12.2 Å². The fourth-order valence-electron chi connectivity index (χ4n) is 4.94. The number of nitrogens with one attached hydrogen (secondary N) is 1. The summed E-state index contributed by atoms with van der Waals surface area (Å²) in [6.07, 6.45) is 1.25. The molecule has 9 heteroatoms. The van der Waals surface area contributed by atoms with Crippen molar-refractivity contribution in [1.82, 2.24) is 9.36 Å². The zero-order valence-electron chi connectivity index (χ0n) is 21.9. The third-order valence-corrected chi connectivity index (χ3v) is 6.82. The lowest BCUT2D eigenvalue weighted by Gasteiger charge is -2.22. The zero-order chi connectivity index (χ0) is 26.9. The number of amides is 1. The van der Waals surface area contributed by atoms with E-state index in [9.17, 15) is 9.59 Å². The Morgan fingerprint density at radius 3 is 2.56 bits per heavy atom. The van der Waals surface area contributed by atoms with Crippen molar-refractivity contribution in [3.8, 4) is 34.6 Å². The third kappa shape index (κ3) is 4.60. The number of nitrogens with zero attached hydrogens (tertiary/aromatic N) is 2. The fraction of sp³-hybridized carbons (Fsp3) is 0.267. The van der Waals surface area contributed by atoms with Gasteiger partial charge in [-0.2, -0.15) is 0 Å². The van der Waals surface area contributed by atoms with Crippen LogP contribution >= 0.6 is 0 Å². The van der Waals surface area contributed by atoms with Crippen molar-refractivity contribution in [2.75, 3.05) is 25.1 Å². The number of rotatable bonds is 7. The SMILES string of the molecule is CCOc1cccc2c1Oc1c(c(=O)n(-c3ccc(CC)cc3)n1CC(=O)Nc1ccc3c(c1)OCCO3)C2. The Hall–Kier alpha value is -4.66. The number of fused-ring (bicyclic) bond motifs is 3. The van der Waals surface area contributed by atoms with Crippen molar-refractivity contribution in [2.24, 2.45) is 0 Å². The predicted octanol–water partition coefficient (Wildman–Crippen LogP) is 4.71. The van der Waals surface area contributed by atoms with E-state index in [1.807, 2.05) is 49.4 Å². The Balaban J connectivity index is 1.39. The lowest BCUT2D eigenvalue weighted by atomic mass is 10.0. The van der Waals surface area contributed by atoms with Gasteiger partial charge in [-0.3, -0.25) is 9.59 Å². The molecule has 1 aromatic heterocycles. The summed E-state index contributed by atoms with van der Waals surface area (Å²) >= 11 is 0. The highest BCUT2D eigenvalue weighted by Crippen LogP contribution is 2.42. The van der Waals surface area contributed by atoms with Crippen LogP contribution in [0.15, 0.2) is 65.5 Å². The van der Waals surface area contributed by atoms with E-state index < -0.39 is 0 Å². The Labute approximate surface area is 225 Å². The number of carbonyl (C=O) groups is 1. The van der Waals surface area contributed by atoms with Crippen LogP contribution in [0, 0.1) is 0 Å². The molecule has 3 aromatic carbocycles. The molecule has 6 rings (SSSR count). The molecule has 0 saturated carbocycles. The summed E-state index contributed by atoms with van der Waals surface area (Å²) in [5, 5.41) is 2.91. The molecule has 0 unspecified atom stereocenters. The van der Waals surface area contributed by atoms with Gasteiger partial charge in [-0.05, 0) is 49.2 Å². The summed E-state index contributed by atoms with van der Waals surface area (Å²) < 4.78 is 26.5. The minimum atomic E-state index is -0.323. The number of para-hydroxylation sites is 1. The van der Waals surface area contributed by atoms with Gasteiger partial charge in [0.15, 0.2) is 23.0 Å². The summed E-state index contributed by atoms with van der Waals surface area (Å²) in [5.74, 6) is 2.38. The first-order chi connectivity index (χ1) is 19.1. The summed E-state index contributed by atoms with van der Waals surface area (Å²) in [7, 11) is 0. The maximum Gasteiger partial charge on any atom is 0.278 e. The van der Waals surface area contributed by atoms with Crippen molar-refractivity contribution >= 4 is 11.6 Å². The first kappa shape index (κ1) is 24.7. The highest BCUT2D eigenvalue weighted by atomic mass is 16.6. The molecular formula is C30H29N3O6. The monoisotopic (exact) mass is 527 g/mol. The highest BCUT2D eigenvalue weighted by molar-refractivity contribution is 5.91. The molecule has 39 heavy (non-hydrogen) atoms. The number of ether oxygens (including phenoxy) is 4. The predicted molar refractivity (Wildman–Crippen MR) is 146 cm³/mol. The number of hydrogen-bond acceptors (Lipinski definition) is 6. The van der Waals surface area contributed by atoms with Crippen LogP contribution in [0.1, 0.15) is 30.5 Å². The molecule has 1 amide bonds. The molecule has 0 spiro atoms. The fourth-order valence-corrected chi connectivity index (χ4v) is 4.94. The summed E-state index contributed by atoms with van der Waals surface area (Å²) in [6.45, 7) is 5.24. The Bertz CT molecular complexity index is 1600. The van der Waals surface area contributed by atoms with Gasteiger partial charge in [-0.1, -0.05) is 31.2 Å². The quantitative estimate of drug-likeness (QED) is 0.330. The van der Waals surface area contributed by atoms with E-state index in [0.29, 0.717) is 72.1 Å². The number of hydrogen-bond donors (Lipinski definition) is 1. The molecule has 200 valence electrons. The Kier molecular flexibility index (Phi) is 6.48. The summed E-state index contributed by atoms with van der Waals surface area (Å²) in [6, 6.07) is 18.6. The van der Waals surface area contributed by atoms with Gasteiger partial charge in [-0.25, -0.2) is 9.36 Å². The molecule has 2 aliphatic rings. The van der Waals surface area contributed by atoms with Crippen LogP contribution in [0.4, 0.5) is 5.69 Å². The molecule has 0 aliphatic carbocycles. The number of aryl methyl sites for hydroxylation is 1. The van der Waals surface area contributed by atoms with Crippen molar-refractivity contribution in [3.63, 3.8) is 0 Å². The lowest BCUT2D eigenvalue weighted by molar-refractivity contribution is -0.117. The number of benzene rings is 3. The van der Waals surface area contributed by atoms with Gasteiger partial charge < -0.3 is 24.3 Å². The van der Waals surface area contributed by atoms with Gasteiger partial charge in [0.25, 0.3) is 5.56 Å². The second kappa shape index (κ2) is 10.2. The van der Waals surface area contributed by atoms with Crippen LogP contribution in [0.3, 0.4) is 0 Å². The van der Waals surface area contributed by atoms with E-state index >= 15 is 0 Å². The van der Waals surface area contributed by atoms with Gasteiger partial charge in [0, 0.05) is 23.7 Å². The molecular weight excluding hydrogens is 498 g/mol. The molecule has 0 radical (unpaired) electrons. The Morgan fingerprint density at radius 2 is 1.79 bits per heavy atom. The molecule has 9 nitrogen and oxygen atoms in total. The molecule has 0 atom stereocenters. The minimum absolute atomic E-state index is 0.152. The van der Waals surface area contributed by atoms with Gasteiger partial charge in [0.1, 0.15) is 19.8 Å².